The number of rotatable bonds is 10. The van der Waals surface area contributed by atoms with Crippen LogP contribution in [0, 0.1) is 58.2 Å². The minimum Gasteiger partial charge on any atom is -0.391 e. The predicted molar refractivity (Wildman–Crippen MR) is 97.5 cm³/mol. The number of hydrogen-bond donors (Lipinski definition) is 0. The lowest BCUT2D eigenvalue weighted by atomic mass is 10.2. The van der Waals surface area contributed by atoms with Gasteiger partial charge in [-0.2, -0.15) is 0 Å². The molecular weight excluding hydrogens is 490 g/mol. The van der Waals surface area contributed by atoms with Crippen LogP contribution in [0.4, 0.5) is 43.9 Å². The third-order valence-electron chi connectivity index (χ3n) is 4.26. The van der Waals surface area contributed by atoms with Crippen molar-refractivity contribution in [3.63, 3.8) is 0 Å². The Morgan fingerprint density at radius 3 is 1.44 bits per heavy atom. The van der Waals surface area contributed by atoms with E-state index in [1.54, 1.807) is 0 Å². The number of unbranched alkanes of at least 4 members (excludes halogenated alkanes) is 1. The zero-order valence-electron chi connectivity index (χ0n) is 17.1. The smallest absolute Gasteiger partial charge is 0.200 e. The van der Waals surface area contributed by atoms with Crippen LogP contribution in [-0.2, 0) is 22.9 Å². The van der Waals surface area contributed by atoms with Crippen LogP contribution in [0.1, 0.15) is 37.3 Å². The van der Waals surface area contributed by atoms with Gasteiger partial charge in [-0.15, -0.1) is 0 Å². The molecule has 0 saturated carbocycles. The van der Waals surface area contributed by atoms with Gasteiger partial charge in [-0.05, 0) is 26.2 Å². The van der Waals surface area contributed by atoms with Crippen molar-refractivity contribution in [1.29, 1.82) is 0 Å². The highest BCUT2D eigenvalue weighted by Gasteiger charge is 2.27. The normalized spacial score (nSPS) is 12.0. The molecule has 0 aliphatic rings. The zero-order chi connectivity index (χ0) is 25.6. The first-order valence-electron chi connectivity index (χ1n) is 9.28. The van der Waals surface area contributed by atoms with E-state index >= 15 is 0 Å². The van der Waals surface area contributed by atoms with Gasteiger partial charge in [-0.3, -0.25) is 0 Å². The highest BCUT2D eigenvalue weighted by atomic mass is 19.2. The van der Waals surface area contributed by atoms with Crippen LogP contribution in [0.2, 0.25) is 0 Å². The fourth-order valence-electron chi connectivity index (χ4n) is 2.46. The molecule has 0 heterocycles. The highest BCUT2D eigenvalue weighted by Crippen LogP contribution is 2.24. The molecular formula is C20H14F10N2O2. The number of oxime groups is 2. The molecule has 0 unspecified atom stereocenters. The van der Waals surface area contributed by atoms with Gasteiger partial charge in [0.1, 0.15) is 13.2 Å². The third kappa shape index (κ3) is 5.97. The molecule has 186 valence electrons. The maximum atomic E-state index is 13.5. The first kappa shape index (κ1) is 26.9. The Hall–Kier alpha value is -3.32. The van der Waals surface area contributed by atoms with E-state index in [4.69, 9.17) is 0 Å². The van der Waals surface area contributed by atoms with Gasteiger partial charge in [0.25, 0.3) is 0 Å². The monoisotopic (exact) mass is 504 g/mol. The predicted octanol–water partition coefficient (Wildman–Crippen LogP) is 6.34. The Bertz CT molecular complexity index is 1060. The molecule has 34 heavy (non-hydrogen) atoms. The fourth-order valence-corrected chi connectivity index (χ4v) is 2.46. The summed E-state index contributed by atoms with van der Waals surface area (Å²) >= 11 is 0. The van der Waals surface area contributed by atoms with Crippen LogP contribution in [0.3, 0.4) is 0 Å². The summed E-state index contributed by atoms with van der Waals surface area (Å²) < 4.78 is 132. The van der Waals surface area contributed by atoms with Crippen molar-refractivity contribution in [2.24, 2.45) is 10.3 Å². The van der Waals surface area contributed by atoms with Crippen molar-refractivity contribution < 1.29 is 53.6 Å². The summed E-state index contributed by atoms with van der Waals surface area (Å²) in [5.74, 6) is -21.2. The molecule has 0 fully saturated rings. The van der Waals surface area contributed by atoms with E-state index in [1.165, 1.54) is 6.92 Å². The van der Waals surface area contributed by atoms with E-state index in [9.17, 15) is 43.9 Å². The first-order valence-corrected chi connectivity index (χ1v) is 9.28. The van der Waals surface area contributed by atoms with E-state index in [-0.39, 0.29) is 18.6 Å². The highest BCUT2D eigenvalue weighted by molar-refractivity contribution is 5.81. The minimum atomic E-state index is -2.30. The molecule has 0 radical (unpaired) electrons. The van der Waals surface area contributed by atoms with Gasteiger partial charge >= 0.3 is 0 Å². The second-order valence-electron chi connectivity index (χ2n) is 6.65. The summed E-state index contributed by atoms with van der Waals surface area (Å²) in [4.78, 5) is 9.14. The summed E-state index contributed by atoms with van der Waals surface area (Å²) in [7, 11) is 0. The van der Waals surface area contributed by atoms with Gasteiger partial charge < -0.3 is 9.68 Å². The molecule has 14 heteroatoms. The zero-order valence-corrected chi connectivity index (χ0v) is 17.1. The molecule has 2 aromatic rings. The average Bonchev–Trinajstić information content (AvgIpc) is 2.82. The number of hydrogen-bond acceptors (Lipinski definition) is 4. The summed E-state index contributed by atoms with van der Waals surface area (Å²) in [6.45, 7) is -0.597. The molecule has 0 bridgehead atoms. The van der Waals surface area contributed by atoms with Crippen LogP contribution in [0.25, 0.3) is 0 Å². The molecule has 0 atom stereocenters. The van der Waals surface area contributed by atoms with Crippen molar-refractivity contribution in [3.8, 4) is 0 Å². The molecule has 0 saturated heterocycles. The molecule has 0 N–H and O–H groups in total. The van der Waals surface area contributed by atoms with Crippen molar-refractivity contribution in [3.05, 3.63) is 69.3 Å². The van der Waals surface area contributed by atoms with Crippen molar-refractivity contribution in [2.75, 3.05) is 0 Å². The molecule has 0 aliphatic heterocycles. The number of nitrogens with zero attached hydrogens (tertiary/aromatic N) is 2. The molecule has 0 amide bonds. The van der Waals surface area contributed by atoms with Crippen LogP contribution >= 0.6 is 0 Å². The Balaban J connectivity index is 1.79. The Kier molecular flexibility index (Phi) is 9.27. The first-order chi connectivity index (χ1) is 16.0. The van der Waals surface area contributed by atoms with Gasteiger partial charge in [-0.25, -0.2) is 43.9 Å². The van der Waals surface area contributed by atoms with Gasteiger partial charge in [-0.1, -0.05) is 10.3 Å². The van der Waals surface area contributed by atoms with Crippen molar-refractivity contribution in [1.82, 2.24) is 0 Å². The number of halogens is 10. The van der Waals surface area contributed by atoms with Crippen LogP contribution in [-0.4, -0.2) is 11.9 Å². The fraction of sp³-hybridized carbons (Fsp3) is 0.300. The molecule has 2 rings (SSSR count). The summed E-state index contributed by atoms with van der Waals surface area (Å²) in [5.41, 5.74) is -2.10. The topological polar surface area (TPSA) is 43.2 Å². The van der Waals surface area contributed by atoms with E-state index in [0.29, 0.717) is 6.42 Å². The molecule has 0 spiro atoms. The van der Waals surface area contributed by atoms with Crippen LogP contribution < -0.4 is 0 Å². The number of benzene rings is 2. The third-order valence-corrected chi connectivity index (χ3v) is 4.26. The van der Waals surface area contributed by atoms with Crippen LogP contribution in [0.15, 0.2) is 10.3 Å². The van der Waals surface area contributed by atoms with Gasteiger partial charge in [0.2, 0.25) is 11.6 Å². The molecule has 4 nitrogen and oxygen atoms in total. The van der Waals surface area contributed by atoms with E-state index < -0.39 is 82.5 Å². The van der Waals surface area contributed by atoms with E-state index in [2.05, 4.69) is 20.0 Å². The lowest BCUT2D eigenvalue weighted by Crippen LogP contribution is -2.08. The SMILES string of the molecule is C/C(CCC/C=N/OCc1c(F)c(F)c(F)c(F)c1F)=N\OCc1c(F)c(F)c(F)c(F)c1F. The van der Waals surface area contributed by atoms with Crippen molar-refractivity contribution >= 4 is 11.9 Å². The van der Waals surface area contributed by atoms with Gasteiger partial charge in [0, 0.05) is 6.21 Å². The molecule has 0 aromatic heterocycles. The second kappa shape index (κ2) is 11.7. The second-order valence-corrected chi connectivity index (χ2v) is 6.65. The molecule has 0 aliphatic carbocycles. The lowest BCUT2D eigenvalue weighted by Gasteiger charge is -2.07. The summed E-state index contributed by atoms with van der Waals surface area (Å²) in [5, 5.41) is 6.80. The van der Waals surface area contributed by atoms with Crippen molar-refractivity contribution in [2.45, 2.75) is 39.4 Å². The summed E-state index contributed by atoms with van der Waals surface area (Å²) in [6.07, 6.45) is 1.88. The lowest BCUT2D eigenvalue weighted by molar-refractivity contribution is 0.122. The van der Waals surface area contributed by atoms with Gasteiger partial charge in [0.05, 0.1) is 16.8 Å². The van der Waals surface area contributed by atoms with E-state index in [0.717, 1.165) is 6.21 Å². The van der Waals surface area contributed by atoms with E-state index in [1.807, 2.05) is 0 Å². The quantitative estimate of drug-likeness (QED) is 0.0947. The Labute approximate surface area is 185 Å². The Morgan fingerprint density at radius 1 is 0.618 bits per heavy atom. The molecule has 2 aromatic carbocycles. The Morgan fingerprint density at radius 2 is 1.00 bits per heavy atom. The minimum absolute atomic E-state index is 0.196. The van der Waals surface area contributed by atoms with Gasteiger partial charge in [0.15, 0.2) is 46.5 Å². The standard InChI is InChI=1S/C20H14F10N2O2/c1-8(32-34-7-10-13(23)17(27)20(30)18(28)14(10)24)4-2-3-5-31-33-6-9-11(21)15(25)19(29)16(26)12(9)22/h5H,2-4,6-7H2,1H3/b31-5+,32-8+. The average molecular weight is 504 g/mol. The summed E-state index contributed by atoms with van der Waals surface area (Å²) in [6, 6.07) is 0. The maximum Gasteiger partial charge on any atom is 0.200 e. The maximum absolute atomic E-state index is 13.5. The largest absolute Gasteiger partial charge is 0.391 e. The van der Waals surface area contributed by atoms with Crippen LogP contribution in [0.5, 0.6) is 0 Å².